The molecule has 0 saturated carbocycles. The van der Waals surface area contributed by atoms with Gasteiger partial charge >= 0.3 is 6.09 Å². The highest BCUT2D eigenvalue weighted by Crippen LogP contribution is 2.29. The van der Waals surface area contributed by atoms with E-state index in [0.717, 1.165) is 17.2 Å². The molecule has 4 heterocycles. The molecule has 1 aromatic carbocycles. The van der Waals surface area contributed by atoms with Gasteiger partial charge in [0.2, 0.25) is 17.5 Å². The molecule has 19 heteroatoms. The predicted octanol–water partition coefficient (Wildman–Crippen LogP) is 2.74. The molecular formula is C49H63N9O10. The van der Waals surface area contributed by atoms with Crippen LogP contribution in [0.3, 0.4) is 0 Å². The Morgan fingerprint density at radius 1 is 1.00 bits per heavy atom. The highest BCUT2D eigenvalue weighted by atomic mass is 16.6. The number of rotatable bonds is 11. The molecule has 1 saturated heterocycles. The van der Waals surface area contributed by atoms with Crippen LogP contribution in [0.25, 0.3) is 11.0 Å². The molecule has 2 aliphatic heterocycles. The van der Waals surface area contributed by atoms with E-state index in [1.54, 1.807) is 45.2 Å². The number of ether oxygens (including phenoxy) is 3. The van der Waals surface area contributed by atoms with Crippen LogP contribution in [0, 0.1) is 11.8 Å². The Bertz CT molecular complexity index is 2580. The minimum absolute atomic E-state index is 0.0517. The molecule has 0 radical (unpaired) electrons. The standard InChI is InChI=1S/C49H63N9O10/c1-27-22-34-40(52-16-17-57-18-20-58(21-19-57)47(64)32-13-10-31(11-14-32)12-15-33-26-53-44-39(33)46(63)56-48(50)55-44)36(59)25-35(42(34)61)54-45(62)28(2)8-7-9-37(66-5)43(68-49(51)65)30(4)24-29(3)41(60)38(23-27)67-6/h7-11,13-14,24-27,29,37-38,41,43,52,60H,12,15-23H2,1-6H3,(H2,51,65)(H,54,62)(H4,50,53,55,56,63)/b9-7-,28-8+,30-24+/t27?,29-,37-,38-,41-,43-/m0/s1. The number of hydrogen-bond donors (Lipinski definition) is 7. The van der Waals surface area contributed by atoms with Crippen LogP contribution in [0.5, 0.6) is 0 Å². The number of methoxy groups -OCH3 is 2. The first-order valence-electron chi connectivity index (χ1n) is 22.8. The number of amides is 3. The lowest BCUT2D eigenvalue weighted by Gasteiger charge is -2.35. The fourth-order valence-electron chi connectivity index (χ4n) is 8.89. The van der Waals surface area contributed by atoms with Crippen LogP contribution in [-0.4, -0.2) is 137 Å². The molecule has 9 N–H and O–H groups in total. The van der Waals surface area contributed by atoms with Gasteiger partial charge in [0.05, 0.1) is 29.0 Å². The van der Waals surface area contributed by atoms with E-state index >= 15 is 0 Å². The zero-order chi connectivity index (χ0) is 49.2. The van der Waals surface area contributed by atoms with Crippen molar-refractivity contribution in [1.82, 2.24) is 35.4 Å². The van der Waals surface area contributed by atoms with Gasteiger partial charge in [-0.3, -0.25) is 28.9 Å². The average Bonchev–Trinajstić information content (AvgIpc) is 3.73. The van der Waals surface area contributed by atoms with Crippen LogP contribution in [0.4, 0.5) is 10.7 Å². The Hall–Kier alpha value is -6.67. The number of hydrogen-bond acceptors (Lipinski definition) is 14. The maximum absolute atomic E-state index is 14.2. The number of aliphatic hydroxyl groups excluding tert-OH is 1. The zero-order valence-corrected chi connectivity index (χ0v) is 39.4. The first-order valence-corrected chi connectivity index (χ1v) is 22.8. The highest BCUT2D eigenvalue weighted by molar-refractivity contribution is 6.23. The number of ketones is 2. The number of H-pyrrole nitrogens is 2. The van der Waals surface area contributed by atoms with Gasteiger partial charge in [0.25, 0.3) is 17.4 Å². The summed E-state index contributed by atoms with van der Waals surface area (Å²) in [6, 6.07) is 7.49. The van der Waals surface area contributed by atoms with Crippen molar-refractivity contribution in [2.75, 3.05) is 59.2 Å². The van der Waals surface area contributed by atoms with Crippen LogP contribution in [0.2, 0.25) is 0 Å². The first-order chi connectivity index (χ1) is 32.5. The van der Waals surface area contributed by atoms with Crippen molar-refractivity contribution in [3.05, 3.63) is 116 Å². The van der Waals surface area contributed by atoms with Crippen molar-refractivity contribution in [1.29, 1.82) is 0 Å². The van der Waals surface area contributed by atoms with Crippen LogP contribution < -0.4 is 27.7 Å². The summed E-state index contributed by atoms with van der Waals surface area (Å²) in [5.41, 5.74) is 14.6. The summed E-state index contributed by atoms with van der Waals surface area (Å²) in [5, 5.41) is 17.9. The number of nitrogens with two attached hydrogens (primary N) is 2. The number of nitrogen functional groups attached to an aromatic ring is 1. The number of carbonyl (C=O) groups excluding carboxylic acids is 5. The predicted molar refractivity (Wildman–Crippen MR) is 255 cm³/mol. The Labute approximate surface area is 394 Å². The van der Waals surface area contributed by atoms with Crippen molar-refractivity contribution in [2.45, 2.75) is 77.8 Å². The van der Waals surface area contributed by atoms with E-state index in [4.69, 9.17) is 25.7 Å². The number of nitrogens with zero attached hydrogens (tertiary/aromatic N) is 3. The van der Waals surface area contributed by atoms with Crippen molar-refractivity contribution >= 4 is 46.5 Å². The van der Waals surface area contributed by atoms with E-state index in [2.05, 4.69) is 30.5 Å². The fraction of sp³-hybridized carbons (Fsp3) is 0.449. The monoisotopic (exact) mass is 937 g/mol. The lowest BCUT2D eigenvalue weighted by Crippen LogP contribution is -2.50. The molecule has 2 bridgehead atoms. The number of aliphatic hydroxyl groups is 1. The second kappa shape index (κ2) is 22.9. The number of fused-ring (bicyclic) bond motifs is 3. The van der Waals surface area contributed by atoms with E-state index in [1.807, 2.05) is 36.1 Å². The summed E-state index contributed by atoms with van der Waals surface area (Å²) in [5.74, 6) is -2.36. The minimum atomic E-state index is -1.02. The van der Waals surface area contributed by atoms with Crippen LogP contribution in [-0.2, 0) is 41.4 Å². The summed E-state index contributed by atoms with van der Waals surface area (Å²) in [6.45, 7) is 10.0. The molecule has 2 aromatic heterocycles. The number of Topliss-reactive ketones (excluding diaryl/α,β-unsaturated/α-hetero) is 1. The third kappa shape index (κ3) is 12.5. The summed E-state index contributed by atoms with van der Waals surface area (Å²) >= 11 is 0. The number of allylic oxidation sites excluding steroid dienone is 4. The Morgan fingerprint density at radius 3 is 2.40 bits per heavy atom. The van der Waals surface area contributed by atoms with Gasteiger partial charge in [0.15, 0.2) is 6.10 Å². The summed E-state index contributed by atoms with van der Waals surface area (Å²) in [7, 11) is 2.92. The van der Waals surface area contributed by atoms with E-state index in [-0.39, 0.29) is 52.3 Å². The van der Waals surface area contributed by atoms with E-state index in [0.29, 0.717) is 80.7 Å². The highest BCUT2D eigenvalue weighted by Gasteiger charge is 2.34. The molecule has 6 rings (SSSR count). The summed E-state index contributed by atoms with van der Waals surface area (Å²) in [6.07, 6.45) is 6.51. The summed E-state index contributed by atoms with van der Waals surface area (Å²) < 4.78 is 16.8. The lowest BCUT2D eigenvalue weighted by molar-refractivity contribution is -0.120. The van der Waals surface area contributed by atoms with Crippen molar-refractivity contribution in [2.24, 2.45) is 17.6 Å². The van der Waals surface area contributed by atoms with E-state index in [1.165, 1.54) is 20.3 Å². The van der Waals surface area contributed by atoms with Gasteiger partial charge in [0, 0.05) is 88.4 Å². The number of anilines is 1. The molecule has 19 nitrogen and oxygen atoms in total. The number of aromatic nitrogens is 3. The maximum Gasteiger partial charge on any atom is 0.405 e. The lowest BCUT2D eigenvalue weighted by atomic mass is 9.85. The third-order valence-corrected chi connectivity index (χ3v) is 12.7. The second-order valence-corrected chi connectivity index (χ2v) is 17.7. The molecule has 3 aromatic rings. The van der Waals surface area contributed by atoms with Gasteiger partial charge in [-0.25, -0.2) is 4.79 Å². The molecule has 68 heavy (non-hydrogen) atoms. The molecule has 3 aliphatic rings. The number of benzene rings is 1. The largest absolute Gasteiger partial charge is 0.439 e. The normalized spacial score (nSPS) is 25.8. The Balaban J connectivity index is 1.09. The van der Waals surface area contributed by atoms with Crippen molar-refractivity contribution < 1.29 is 43.3 Å². The van der Waals surface area contributed by atoms with Gasteiger partial charge < -0.3 is 56.3 Å². The topological polar surface area (TPSA) is 277 Å². The number of nitrogens with one attached hydrogen (secondary N) is 4. The van der Waals surface area contributed by atoms with Gasteiger partial charge in [-0.2, -0.15) is 4.98 Å². The van der Waals surface area contributed by atoms with Gasteiger partial charge in [-0.05, 0) is 74.3 Å². The van der Waals surface area contributed by atoms with Gasteiger partial charge in [0.1, 0.15) is 11.8 Å². The van der Waals surface area contributed by atoms with Crippen molar-refractivity contribution in [3.63, 3.8) is 0 Å². The van der Waals surface area contributed by atoms with Gasteiger partial charge in [-0.1, -0.05) is 50.3 Å². The van der Waals surface area contributed by atoms with Gasteiger partial charge in [-0.15, -0.1) is 0 Å². The Kier molecular flexibility index (Phi) is 17.1. The van der Waals surface area contributed by atoms with Crippen molar-refractivity contribution in [3.8, 4) is 0 Å². The summed E-state index contributed by atoms with van der Waals surface area (Å²) in [4.78, 5) is 92.9. The number of primary amides is 1. The average molecular weight is 938 g/mol. The number of piperazine rings is 1. The van der Waals surface area contributed by atoms with Crippen LogP contribution in [0.1, 0.15) is 62.0 Å². The number of aryl methyl sites for hydroxylation is 2. The van der Waals surface area contributed by atoms with Crippen LogP contribution in [0.15, 0.2) is 93.8 Å². The second-order valence-electron chi connectivity index (χ2n) is 17.7. The number of carbonyl (C=O) groups is 5. The molecular weight excluding hydrogens is 875 g/mol. The SMILES string of the molecule is CO[C@H]1/C=C\C=C(/C)C(=O)NC2=CC(=O)C(NCCN3CCN(C(=O)c4ccc(CCc5c[nH]c6[nH]c(N)nc(=O)c56)cc4)CC3)=C(CC(C)C[C@H](OC)[C@@H](O)[C@@H](C)/C=C(\C)[C@@H]1OC(N)=O)C2=O. The molecule has 3 amide bonds. The zero-order valence-electron chi connectivity index (χ0n) is 39.4. The minimum Gasteiger partial charge on any atom is -0.439 e. The molecule has 1 aliphatic carbocycles. The fourth-order valence-corrected chi connectivity index (χ4v) is 8.89. The first kappa shape index (κ1) is 50.7. The third-order valence-electron chi connectivity index (χ3n) is 12.7. The van der Waals surface area contributed by atoms with E-state index in [9.17, 15) is 33.9 Å². The van der Waals surface area contributed by atoms with E-state index < -0.39 is 53.9 Å². The number of aromatic amines is 2. The Morgan fingerprint density at radius 2 is 1.72 bits per heavy atom. The molecule has 1 fully saturated rings. The molecule has 0 spiro atoms. The smallest absolute Gasteiger partial charge is 0.405 e. The maximum atomic E-state index is 14.2. The quantitative estimate of drug-likeness (QED) is 0.108. The van der Waals surface area contributed by atoms with Crippen LogP contribution >= 0.6 is 0 Å². The molecule has 6 atom stereocenters. The molecule has 1 unspecified atom stereocenters. The molecule has 364 valence electrons.